The van der Waals surface area contributed by atoms with Crippen LogP contribution in [0.4, 0.5) is 0 Å². The van der Waals surface area contributed by atoms with E-state index in [-0.39, 0.29) is 0 Å². The van der Waals surface area contributed by atoms with Gasteiger partial charge in [0.25, 0.3) is 0 Å². The lowest BCUT2D eigenvalue weighted by Crippen LogP contribution is -2.47. The maximum Gasteiger partial charge on any atom is 0.193 e. The van der Waals surface area contributed by atoms with Crippen LogP contribution in [0.15, 0.2) is 4.99 Å². The average molecular weight is 411 g/mol. The van der Waals surface area contributed by atoms with Crippen LogP contribution in [0, 0.1) is 0 Å². The number of hydrogen-bond donors (Lipinski definition) is 1. The Labute approximate surface area is 179 Å². The first-order valence-corrected chi connectivity index (χ1v) is 12.3. The number of aliphatic imine (C=N–C) groups is 1. The fourth-order valence-corrected chi connectivity index (χ4v) is 4.29. The molecule has 2 aliphatic rings. The van der Waals surface area contributed by atoms with Crippen molar-refractivity contribution in [1.82, 2.24) is 15.1 Å². The molecule has 0 spiro atoms. The van der Waals surface area contributed by atoms with Crippen molar-refractivity contribution in [3.63, 3.8) is 0 Å². The van der Waals surface area contributed by atoms with Gasteiger partial charge < -0.3 is 24.6 Å². The quantitative estimate of drug-likeness (QED) is 0.303. The van der Waals surface area contributed by atoms with Gasteiger partial charge in [-0.3, -0.25) is 4.99 Å². The molecular formula is C23H46N4O2. The molecule has 2 rings (SSSR count). The topological polar surface area (TPSA) is 49.3 Å². The molecule has 0 bridgehead atoms. The molecule has 0 radical (unpaired) electrons. The van der Waals surface area contributed by atoms with Gasteiger partial charge in [-0.05, 0) is 77.9 Å². The molecule has 170 valence electrons. The van der Waals surface area contributed by atoms with Gasteiger partial charge >= 0.3 is 0 Å². The lowest BCUT2D eigenvalue weighted by atomic mass is 10.1. The highest BCUT2D eigenvalue weighted by Gasteiger charge is 2.23. The first-order valence-electron chi connectivity index (χ1n) is 12.3. The van der Waals surface area contributed by atoms with Crippen molar-refractivity contribution in [2.45, 2.75) is 84.3 Å². The molecule has 6 heteroatoms. The van der Waals surface area contributed by atoms with E-state index in [4.69, 9.17) is 14.5 Å². The molecule has 0 saturated carbocycles. The Kier molecular flexibility index (Phi) is 12.7. The third-order valence-corrected chi connectivity index (χ3v) is 5.84. The summed E-state index contributed by atoms with van der Waals surface area (Å²) in [7, 11) is 0. The summed E-state index contributed by atoms with van der Waals surface area (Å²) in [5, 5.41) is 3.49. The summed E-state index contributed by atoms with van der Waals surface area (Å²) in [5.41, 5.74) is 0. The van der Waals surface area contributed by atoms with E-state index < -0.39 is 0 Å². The van der Waals surface area contributed by atoms with Crippen LogP contribution in [-0.2, 0) is 9.47 Å². The fraction of sp³-hybridized carbons (Fsp3) is 0.957. The van der Waals surface area contributed by atoms with Crippen LogP contribution in [0.2, 0.25) is 0 Å². The first kappa shape index (κ1) is 24.4. The highest BCUT2D eigenvalue weighted by Crippen LogP contribution is 2.18. The zero-order chi connectivity index (χ0) is 20.7. The Morgan fingerprint density at radius 3 is 2.45 bits per heavy atom. The molecular weight excluding hydrogens is 364 g/mol. The van der Waals surface area contributed by atoms with Crippen molar-refractivity contribution in [2.24, 2.45) is 4.99 Å². The van der Waals surface area contributed by atoms with Crippen LogP contribution in [0.5, 0.6) is 0 Å². The van der Waals surface area contributed by atoms with Gasteiger partial charge in [0.2, 0.25) is 0 Å². The summed E-state index contributed by atoms with van der Waals surface area (Å²) in [6.45, 7) is 15.8. The zero-order valence-electron chi connectivity index (χ0n) is 19.3. The lowest BCUT2D eigenvalue weighted by Gasteiger charge is -2.35. The third kappa shape index (κ3) is 9.67. The molecule has 1 unspecified atom stereocenters. The molecule has 0 aliphatic carbocycles. The monoisotopic (exact) mass is 410 g/mol. The van der Waals surface area contributed by atoms with E-state index >= 15 is 0 Å². The Morgan fingerprint density at radius 2 is 1.83 bits per heavy atom. The molecule has 0 amide bonds. The van der Waals surface area contributed by atoms with E-state index in [1.807, 2.05) is 0 Å². The van der Waals surface area contributed by atoms with E-state index in [0.29, 0.717) is 12.2 Å². The molecule has 2 saturated heterocycles. The predicted octanol–water partition coefficient (Wildman–Crippen LogP) is 3.51. The van der Waals surface area contributed by atoms with Gasteiger partial charge in [0.1, 0.15) is 0 Å². The van der Waals surface area contributed by atoms with Crippen molar-refractivity contribution in [3.05, 3.63) is 0 Å². The molecule has 2 heterocycles. The molecule has 1 N–H and O–H groups in total. The summed E-state index contributed by atoms with van der Waals surface area (Å²) < 4.78 is 12.0. The molecule has 0 aromatic carbocycles. The van der Waals surface area contributed by atoms with Crippen LogP contribution < -0.4 is 5.32 Å². The number of guanidine groups is 1. The number of likely N-dealkylation sites (tertiary alicyclic amines) is 1. The smallest absolute Gasteiger partial charge is 0.193 e. The minimum atomic E-state index is 0.320. The minimum Gasteiger partial charge on any atom is -0.376 e. The number of nitrogens with zero attached hydrogens (tertiary/aromatic N) is 3. The number of ether oxygens (including phenoxy) is 2. The number of hydrogen-bond acceptors (Lipinski definition) is 4. The van der Waals surface area contributed by atoms with Crippen molar-refractivity contribution >= 4 is 5.96 Å². The lowest BCUT2D eigenvalue weighted by molar-refractivity contribution is -0.0721. The average Bonchev–Trinajstić information content (AvgIpc) is 2.76. The van der Waals surface area contributed by atoms with Crippen LogP contribution >= 0.6 is 0 Å². The summed E-state index contributed by atoms with van der Waals surface area (Å²) >= 11 is 0. The number of nitrogens with one attached hydrogen (secondary N) is 1. The van der Waals surface area contributed by atoms with E-state index in [9.17, 15) is 0 Å². The van der Waals surface area contributed by atoms with E-state index in [1.165, 1.54) is 38.8 Å². The van der Waals surface area contributed by atoms with E-state index in [1.54, 1.807) is 0 Å². The summed E-state index contributed by atoms with van der Waals surface area (Å²) in [6, 6.07) is 0. The molecule has 2 aliphatic heterocycles. The van der Waals surface area contributed by atoms with Gasteiger partial charge in [-0.2, -0.15) is 0 Å². The van der Waals surface area contributed by atoms with Crippen molar-refractivity contribution < 1.29 is 9.47 Å². The van der Waals surface area contributed by atoms with Crippen molar-refractivity contribution in [3.8, 4) is 0 Å². The summed E-state index contributed by atoms with van der Waals surface area (Å²) in [4.78, 5) is 9.90. The van der Waals surface area contributed by atoms with Gasteiger partial charge in [-0.25, -0.2) is 0 Å². The highest BCUT2D eigenvalue weighted by atomic mass is 16.5. The van der Waals surface area contributed by atoms with Gasteiger partial charge in [-0.1, -0.05) is 13.8 Å². The van der Waals surface area contributed by atoms with Crippen molar-refractivity contribution in [1.29, 1.82) is 0 Å². The van der Waals surface area contributed by atoms with Crippen LogP contribution in [0.25, 0.3) is 0 Å². The summed E-state index contributed by atoms with van der Waals surface area (Å²) in [5.74, 6) is 1.08. The maximum absolute atomic E-state index is 6.16. The maximum atomic E-state index is 6.16. The van der Waals surface area contributed by atoms with Gasteiger partial charge in [0.15, 0.2) is 5.96 Å². The molecule has 0 aromatic heterocycles. The molecule has 2 fully saturated rings. The van der Waals surface area contributed by atoms with Crippen LogP contribution in [0.3, 0.4) is 0 Å². The van der Waals surface area contributed by atoms with Gasteiger partial charge in [0.05, 0.1) is 18.8 Å². The van der Waals surface area contributed by atoms with E-state index in [0.717, 1.165) is 77.6 Å². The Hall–Kier alpha value is -0.850. The van der Waals surface area contributed by atoms with E-state index in [2.05, 4.69) is 35.9 Å². The minimum absolute atomic E-state index is 0.320. The standard InChI is InChI=1S/C23H46N4O2/c1-4-14-26(15-5-2)16-9-13-25-23(24-6-3)27-17-11-21(12-18-27)29-20-22-10-7-8-19-28-22/h21-22H,4-20H2,1-3H3,(H,24,25). The highest BCUT2D eigenvalue weighted by molar-refractivity contribution is 5.80. The molecule has 1 atom stereocenters. The van der Waals surface area contributed by atoms with Gasteiger partial charge in [0, 0.05) is 32.8 Å². The zero-order valence-corrected chi connectivity index (χ0v) is 19.3. The molecule has 0 aromatic rings. The Morgan fingerprint density at radius 1 is 1.07 bits per heavy atom. The normalized spacial score (nSPS) is 21.7. The second-order valence-corrected chi connectivity index (χ2v) is 8.44. The Bertz CT molecular complexity index is 427. The number of piperidine rings is 1. The predicted molar refractivity (Wildman–Crippen MR) is 122 cm³/mol. The SMILES string of the molecule is CCCN(CCC)CCCN=C(NCC)N1CCC(OCC2CCCCO2)CC1. The third-order valence-electron chi connectivity index (χ3n) is 5.84. The summed E-state index contributed by atoms with van der Waals surface area (Å²) in [6.07, 6.45) is 10.1. The molecule has 6 nitrogen and oxygen atoms in total. The van der Waals surface area contributed by atoms with Crippen molar-refractivity contribution in [2.75, 3.05) is 59.0 Å². The largest absolute Gasteiger partial charge is 0.376 e. The Balaban J connectivity index is 1.69. The fourth-order valence-electron chi connectivity index (χ4n) is 4.29. The second kappa shape index (κ2) is 15.0. The molecule has 29 heavy (non-hydrogen) atoms. The van der Waals surface area contributed by atoms with Crippen LogP contribution in [-0.4, -0.2) is 87.0 Å². The first-order chi connectivity index (χ1) is 14.3. The number of rotatable bonds is 12. The second-order valence-electron chi connectivity index (χ2n) is 8.44. The van der Waals surface area contributed by atoms with Crippen LogP contribution in [0.1, 0.15) is 72.1 Å². The van der Waals surface area contributed by atoms with Gasteiger partial charge in [-0.15, -0.1) is 0 Å².